The highest BCUT2D eigenvalue weighted by molar-refractivity contribution is 7.89. The van der Waals surface area contributed by atoms with Gasteiger partial charge in [0.15, 0.2) is 0 Å². The number of sulfonamides is 1. The van der Waals surface area contributed by atoms with Crippen LogP contribution in [-0.4, -0.2) is 26.5 Å². The van der Waals surface area contributed by atoms with Crippen LogP contribution in [0.25, 0.3) is 0 Å². The van der Waals surface area contributed by atoms with E-state index in [9.17, 15) is 17.6 Å². The van der Waals surface area contributed by atoms with E-state index in [4.69, 9.17) is 16.3 Å². The fraction of sp³-hybridized carbons (Fsp3) is 0.100. The third-order valence-electron chi connectivity index (χ3n) is 3.92. The Morgan fingerprint density at radius 3 is 2.63 bits per heavy atom. The minimum atomic E-state index is -4.01. The first-order valence-electron chi connectivity index (χ1n) is 8.54. The molecule has 1 heterocycles. The summed E-state index contributed by atoms with van der Waals surface area (Å²) in [6.45, 7) is -0.0750. The molecule has 1 N–H and O–H groups in total. The van der Waals surface area contributed by atoms with E-state index in [1.54, 1.807) is 12.1 Å². The number of nitrogens with zero attached hydrogens (tertiary/aromatic N) is 1. The summed E-state index contributed by atoms with van der Waals surface area (Å²) in [4.78, 5) is 15.5. The first-order valence-corrected chi connectivity index (χ1v) is 10.4. The molecule has 0 atom stereocenters. The number of ether oxygens (including phenoxy) is 2. The molecule has 0 bridgehead atoms. The maximum absolute atomic E-state index is 13.2. The number of methoxy groups -OCH3 is 1. The second kappa shape index (κ2) is 9.21. The molecule has 0 amide bonds. The summed E-state index contributed by atoms with van der Waals surface area (Å²) < 4.78 is 50.8. The van der Waals surface area contributed by atoms with E-state index in [1.165, 1.54) is 49.7 Å². The van der Waals surface area contributed by atoms with Gasteiger partial charge in [0, 0.05) is 24.9 Å². The van der Waals surface area contributed by atoms with E-state index >= 15 is 0 Å². The summed E-state index contributed by atoms with van der Waals surface area (Å²) >= 11 is 5.99. The van der Waals surface area contributed by atoms with Gasteiger partial charge < -0.3 is 9.47 Å². The van der Waals surface area contributed by atoms with Crippen molar-refractivity contribution in [2.75, 3.05) is 7.11 Å². The predicted molar refractivity (Wildman–Crippen MR) is 108 cm³/mol. The molecule has 30 heavy (non-hydrogen) atoms. The fourth-order valence-corrected chi connectivity index (χ4v) is 3.98. The number of nitrogens with one attached hydrogen (secondary N) is 1. The molecule has 2 aromatic carbocycles. The highest BCUT2D eigenvalue weighted by atomic mass is 35.5. The quantitative estimate of drug-likeness (QED) is 0.548. The molecule has 3 aromatic rings. The average Bonchev–Trinajstić information content (AvgIpc) is 2.73. The Labute approximate surface area is 177 Å². The highest BCUT2D eigenvalue weighted by Gasteiger charge is 2.20. The van der Waals surface area contributed by atoms with Gasteiger partial charge in [0.05, 0.1) is 17.7 Å². The Balaban J connectivity index is 1.69. The highest BCUT2D eigenvalue weighted by Crippen LogP contribution is 2.24. The van der Waals surface area contributed by atoms with Gasteiger partial charge in [0.25, 0.3) is 0 Å². The van der Waals surface area contributed by atoms with Crippen LogP contribution in [0.5, 0.6) is 11.6 Å². The predicted octanol–water partition coefficient (Wildman–Crippen LogP) is 3.93. The molecule has 0 aliphatic rings. The van der Waals surface area contributed by atoms with E-state index in [-0.39, 0.29) is 33.7 Å². The summed E-state index contributed by atoms with van der Waals surface area (Å²) in [5.74, 6) is -0.605. The number of halogens is 2. The molecule has 7 nitrogen and oxygen atoms in total. The maximum Gasteiger partial charge on any atom is 0.337 e. The van der Waals surface area contributed by atoms with Crippen LogP contribution in [-0.2, 0) is 21.3 Å². The molecule has 0 unspecified atom stereocenters. The lowest BCUT2D eigenvalue weighted by atomic mass is 10.2. The lowest BCUT2D eigenvalue weighted by Crippen LogP contribution is -2.24. The first kappa shape index (κ1) is 21.7. The standard InChI is InChI=1S/C20H16ClFN2O5S/c1-28-20(25)14-6-7-17(21)18(9-14)30(26,27)24-12-13-5-8-19(23-11-13)29-16-4-2-3-15(22)10-16/h2-11,24H,12H2,1H3. The molecule has 1 aromatic heterocycles. The van der Waals surface area contributed by atoms with Gasteiger partial charge in [-0.2, -0.15) is 0 Å². The molecule has 0 aliphatic carbocycles. The molecule has 0 fully saturated rings. The van der Waals surface area contributed by atoms with Gasteiger partial charge in [-0.1, -0.05) is 23.7 Å². The molecule has 0 spiro atoms. The SMILES string of the molecule is COC(=O)c1ccc(Cl)c(S(=O)(=O)NCc2ccc(Oc3cccc(F)c3)nc2)c1. The Bertz CT molecular complexity index is 1170. The number of hydrogen-bond acceptors (Lipinski definition) is 6. The number of rotatable bonds is 7. The van der Waals surface area contributed by atoms with Crippen LogP contribution in [0.15, 0.2) is 65.7 Å². The van der Waals surface area contributed by atoms with E-state index < -0.39 is 21.8 Å². The summed E-state index contributed by atoms with van der Waals surface area (Å²) in [7, 11) is -2.81. The fourth-order valence-electron chi connectivity index (χ4n) is 2.44. The first-order chi connectivity index (χ1) is 14.3. The topological polar surface area (TPSA) is 94.6 Å². The summed E-state index contributed by atoms with van der Waals surface area (Å²) in [5.41, 5.74) is 0.605. The number of hydrogen-bond donors (Lipinski definition) is 1. The average molecular weight is 451 g/mol. The van der Waals surface area contributed by atoms with Gasteiger partial charge in [-0.3, -0.25) is 0 Å². The summed E-state index contributed by atoms with van der Waals surface area (Å²) in [6, 6.07) is 12.6. The van der Waals surface area contributed by atoms with Gasteiger partial charge in [0.2, 0.25) is 15.9 Å². The van der Waals surface area contributed by atoms with E-state index in [2.05, 4.69) is 14.4 Å². The lowest BCUT2D eigenvalue weighted by Gasteiger charge is -2.10. The smallest absolute Gasteiger partial charge is 0.337 e. The Hall–Kier alpha value is -3.01. The van der Waals surface area contributed by atoms with Crippen molar-refractivity contribution in [3.63, 3.8) is 0 Å². The molecule has 0 aliphatic heterocycles. The van der Waals surface area contributed by atoms with Crippen LogP contribution >= 0.6 is 11.6 Å². The second-order valence-corrected chi connectivity index (χ2v) is 8.17. The molecule has 156 valence electrons. The van der Waals surface area contributed by atoms with Crippen LogP contribution in [0.2, 0.25) is 5.02 Å². The zero-order valence-corrected chi connectivity index (χ0v) is 17.2. The van der Waals surface area contributed by atoms with Crippen LogP contribution in [0, 0.1) is 5.82 Å². The molecule has 0 saturated carbocycles. The zero-order valence-electron chi connectivity index (χ0n) is 15.6. The molecular formula is C20H16ClFN2O5S. The Morgan fingerprint density at radius 1 is 1.17 bits per heavy atom. The molecule has 0 radical (unpaired) electrons. The number of esters is 1. The largest absolute Gasteiger partial charge is 0.465 e. The van der Waals surface area contributed by atoms with Crippen molar-refractivity contribution in [3.8, 4) is 11.6 Å². The van der Waals surface area contributed by atoms with Gasteiger partial charge in [-0.15, -0.1) is 0 Å². The Morgan fingerprint density at radius 2 is 1.97 bits per heavy atom. The number of benzene rings is 2. The zero-order chi connectivity index (χ0) is 21.7. The van der Waals surface area contributed by atoms with Crippen molar-refractivity contribution in [1.29, 1.82) is 0 Å². The number of aromatic nitrogens is 1. The van der Waals surface area contributed by atoms with Crippen molar-refractivity contribution in [2.45, 2.75) is 11.4 Å². The van der Waals surface area contributed by atoms with Crippen LogP contribution in [0.1, 0.15) is 15.9 Å². The monoisotopic (exact) mass is 450 g/mol. The van der Waals surface area contributed by atoms with Gasteiger partial charge in [-0.05, 0) is 35.9 Å². The van der Waals surface area contributed by atoms with Gasteiger partial charge in [-0.25, -0.2) is 27.3 Å². The van der Waals surface area contributed by atoms with Crippen LogP contribution in [0.3, 0.4) is 0 Å². The Kier molecular flexibility index (Phi) is 6.66. The van der Waals surface area contributed by atoms with E-state index in [1.807, 2.05) is 0 Å². The molecular weight excluding hydrogens is 435 g/mol. The molecule has 3 rings (SSSR count). The third-order valence-corrected chi connectivity index (χ3v) is 5.81. The minimum absolute atomic E-state index is 0.0351. The summed E-state index contributed by atoms with van der Waals surface area (Å²) in [5, 5.41) is -0.0351. The minimum Gasteiger partial charge on any atom is -0.465 e. The van der Waals surface area contributed by atoms with Gasteiger partial charge in [0.1, 0.15) is 16.5 Å². The van der Waals surface area contributed by atoms with E-state index in [0.717, 1.165) is 6.07 Å². The van der Waals surface area contributed by atoms with Crippen molar-refractivity contribution < 1.29 is 27.1 Å². The summed E-state index contributed by atoms with van der Waals surface area (Å²) in [6.07, 6.45) is 1.42. The van der Waals surface area contributed by atoms with Crippen molar-refractivity contribution in [1.82, 2.24) is 9.71 Å². The van der Waals surface area contributed by atoms with Crippen molar-refractivity contribution >= 4 is 27.6 Å². The lowest BCUT2D eigenvalue weighted by molar-refractivity contribution is 0.0600. The third kappa shape index (κ3) is 5.32. The molecule has 0 saturated heterocycles. The van der Waals surface area contributed by atoms with Gasteiger partial charge >= 0.3 is 5.97 Å². The number of pyridine rings is 1. The van der Waals surface area contributed by atoms with Crippen molar-refractivity contribution in [3.05, 3.63) is 82.8 Å². The van der Waals surface area contributed by atoms with Crippen molar-refractivity contribution in [2.24, 2.45) is 0 Å². The number of carbonyl (C=O) groups excluding carboxylic acids is 1. The normalized spacial score (nSPS) is 11.2. The van der Waals surface area contributed by atoms with Crippen LogP contribution in [0.4, 0.5) is 4.39 Å². The second-order valence-electron chi connectivity index (χ2n) is 6.03. The van der Waals surface area contributed by atoms with E-state index in [0.29, 0.717) is 5.56 Å². The molecule has 10 heteroatoms. The maximum atomic E-state index is 13.2. The van der Waals surface area contributed by atoms with Crippen LogP contribution < -0.4 is 9.46 Å². The number of carbonyl (C=O) groups is 1.